The Labute approximate surface area is 148 Å². The van der Waals surface area contributed by atoms with Crippen molar-refractivity contribution in [1.29, 1.82) is 0 Å². The van der Waals surface area contributed by atoms with Crippen molar-refractivity contribution in [3.8, 4) is 0 Å². The summed E-state index contributed by atoms with van der Waals surface area (Å²) in [6.45, 7) is 6.85. The smallest absolute Gasteiger partial charge is 0.410 e. The summed E-state index contributed by atoms with van der Waals surface area (Å²) in [4.78, 5) is 13.9. The van der Waals surface area contributed by atoms with Gasteiger partial charge in [-0.1, -0.05) is 0 Å². The molecule has 0 radical (unpaired) electrons. The molecule has 1 fully saturated rings. The molecule has 1 amide bonds. The predicted octanol–water partition coefficient (Wildman–Crippen LogP) is 4.51. The molecule has 0 bridgehead atoms. The first-order valence-electron chi connectivity index (χ1n) is 8.05. The summed E-state index contributed by atoms with van der Waals surface area (Å²) in [7, 11) is 0. The second-order valence-corrected chi connectivity index (χ2v) is 7.97. The number of rotatable bonds is 1. The van der Waals surface area contributed by atoms with Gasteiger partial charge in [0.25, 0.3) is 0 Å². The lowest BCUT2D eigenvalue weighted by Gasteiger charge is -2.33. The maximum Gasteiger partial charge on any atom is 0.410 e. The number of piperidine rings is 1. The number of nitrogens with zero attached hydrogens (tertiary/aromatic N) is 3. The van der Waals surface area contributed by atoms with E-state index in [2.05, 4.69) is 21.0 Å². The van der Waals surface area contributed by atoms with Gasteiger partial charge in [0.2, 0.25) is 0 Å². The number of aromatic nitrogens is 2. The molecule has 0 unspecified atom stereocenters. The van der Waals surface area contributed by atoms with Crippen molar-refractivity contribution >= 4 is 32.9 Å². The zero-order chi connectivity index (χ0) is 17.5. The number of ether oxygens (including phenoxy) is 1. The molecule has 2 aromatic rings. The van der Waals surface area contributed by atoms with E-state index in [-0.39, 0.29) is 18.0 Å². The summed E-state index contributed by atoms with van der Waals surface area (Å²) >= 11 is 3.23. The van der Waals surface area contributed by atoms with Crippen molar-refractivity contribution in [3.63, 3.8) is 0 Å². The Kier molecular flexibility index (Phi) is 4.55. The third kappa shape index (κ3) is 3.55. The van der Waals surface area contributed by atoms with Gasteiger partial charge in [-0.15, -0.1) is 0 Å². The number of hydrogen-bond acceptors (Lipinski definition) is 3. The molecular formula is C17H21BrFN3O2. The van der Waals surface area contributed by atoms with Gasteiger partial charge in [0.15, 0.2) is 0 Å². The normalized spacial score (nSPS) is 16.6. The van der Waals surface area contributed by atoms with Gasteiger partial charge < -0.3 is 9.64 Å². The second kappa shape index (κ2) is 6.35. The Morgan fingerprint density at radius 1 is 1.33 bits per heavy atom. The van der Waals surface area contributed by atoms with Gasteiger partial charge in [0, 0.05) is 18.5 Å². The van der Waals surface area contributed by atoms with Crippen LogP contribution in [0.4, 0.5) is 9.18 Å². The molecule has 0 atom stereocenters. The minimum atomic E-state index is -0.484. The zero-order valence-corrected chi connectivity index (χ0v) is 15.6. The lowest BCUT2D eigenvalue weighted by molar-refractivity contribution is 0.0186. The summed E-state index contributed by atoms with van der Waals surface area (Å²) in [5.74, 6) is -0.290. The van der Waals surface area contributed by atoms with E-state index >= 15 is 0 Å². The van der Waals surface area contributed by atoms with Crippen molar-refractivity contribution in [1.82, 2.24) is 14.7 Å². The maximum atomic E-state index is 13.6. The Balaban J connectivity index is 1.71. The molecule has 0 spiro atoms. The summed E-state index contributed by atoms with van der Waals surface area (Å²) in [6, 6.07) is 3.44. The second-order valence-electron chi connectivity index (χ2n) is 7.11. The molecule has 7 heteroatoms. The molecule has 130 valence electrons. The van der Waals surface area contributed by atoms with Gasteiger partial charge in [-0.3, -0.25) is 4.68 Å². The number of hydrogen-bond donors (Lipinski definition) is 0. The average molecular weight is 398 g/mol. The van der Waals surface area contributed by atoms with E-state index in [1.807, 2.05) is 25.5 Å². The van der Waals surface area contributed by atoms with Crippen molar-refractivity contribution in [2.75, 3.05) is 13.1 Å². The molecule has 3 rings (SSSR count). The number of likely N-dealkylation sites (tertiary alicyclic amines) is 1. The molecule has 1 aliphatic rings. The molecule has 1 saturated heterocycles. The number of amides is 1. The van der Waals surface area contributed by atoms with E-state index in [0.717, 1.165) is 23.7 Å². The van der Waals surface area contributed by atoms with Crippen LogP contribution in [0.25, 0.3) is 10.9 Å². The van der Waals surface area contributed by atoms with Gasteiger partial charge in [0.05, 0.1) is 22.2 Å². The Morgan fingerprint density at radius 3 is 2.62 bits per heavy atom. The van der Waals surface area contributed by atoms with Crippen LogP contribution in [0.3, 0.4) is 0 Å². The van der Waals surface area contributed by atoms with Crippen molar-refractivity contribution in [2.45, 2.75) is 45.3 Å². The molecule has 5 nitrogen and oxygen atoms in total. The van der Waals surface area contributed by atoms with Crippen LogP contribution < -0.4 is 0 Å². The first-order valence-corrected chi connectivity index (χ1v) is 8.84. The number of carbonyl (C=O) groups is 1. The highest BCUT2D eigenvalue weighted by Gasteiger charge is 2.28. The Hall–Kier alpha value is -1.63. The minimum absolute atomic E-state index is 0.193. The largest absolute Gasteiger partial charge is 0.444 e. The van der Waals surface area contributed by atoms with E-state index in [0.29, 0.717) is 17.6 Å². The van der Waals surface area contributed by atoms with E-state index < -0.39 is 5.60 Å². The molecule has 0 saturated carbocycles. The molecule has 24 heavy (non-hydrogen) atoms. The van der Waals surface area contributed by atoms with E-state index in [4.69, 9.17) is 4.74 Å². The average Bonchev–Trinajstić information content (AvgIpc) is 2.89. The predicted molar refractivity (Wildman–Crippen MR) is 93.5 cm³/mol. The van der Waals surface area contributed by atoms with Gasteiger partial charge >= 0.3 is 6.09 Å². The number of carbonyl (C=O) groups excluding carboxylic acids is 1. The molecule has 1 aliphatic heterocycles. The fraction of sp³-hybridized carbons (Fsp3) is 0.529. The fourth-order valence-electron chi connectivity index (χ4n) is 2.95. The zero-order valence-electron chi connectivity index (χ0n) is 14.1. The summed E-state index contributed by atoms with van der Waals surface area (Å²) < 4.78 is 21.4. The highest BCUT2D eigenvalue weighted by molar-refractivity contribution is 9.10. The monoisotopic (exact) mass is 397 g/mol. The van der Waals surface area contributed by atoms with Gasteiger partial charge in [-0.2, -0.15) is 5.10 Å². The van der Waals surface area contributed by atoms with Crippen molar-refractivity contribution < 1.29 is 13.9 Å². The number of benzene rings is 1. The quantitative estimate of drug-likeness (QED) is 0.710. The molecule has 1 aromatic heterocycles. The Morgan fingerprint density at radius 2 is 2.00 bits per heavy atom. The highest BCUT2D eigenvalue weighted by atomic mass is 79.9. The summed E-state index contributed by atoms with van der Waals surface area (Å²) in [6.07, 6.45) is 3.01. The fourth-order valence-corrected chi connectivity index (χ4v) is 3.28. The van der Waals surface area contributed by atoms with E-state index in [1.165, 1.54) is 6.07 Å². The van der Waals surface area contributed by atoms with Crippen LogP contribution in [-0.4, -0.2) is 39.5 Å². The lowest BCUT2D eigenvalue weighted by atomic mass is 10.1. The summed E-state index contributed by atoms with van der Waals surface area (Å²) in [5, 5.41) is 5.21. The van der Waals surface area contributed by atoms with E-state index in [1.54, 1.807) is 17.2 Å². The van der Waals surface area contributed by atoms with Gasteiger partial charge in [-0.25, -0.2) is 9.18 Å². The molecule has 0 aliphatic carbocycles. The standard InChI is InChI=1S/C17H21BrFN3O2/c1-17(2,3)24-16(23)21-6-4-12(5-7-21)22-15-9-13(18)14(19)8-11(15)10-20-22/h8-10,12H,4-7H2,1-3H3. The van der Waals surface area contributed by atoms with Crippen LogP contribution in [0.15, 0.2) is 22.8 Å². The van der Waals surface area contributed by atoms with Crippen LogP contribution in [0.5, 0.6) is 0 Å². The first-order chi connectivity index (χ1) is 11.2. The lowest BCUT2D eigenvalue weighted by Crippen LogP contribution is -2.42. The number of fused-ring (bicyclic) bond motifs is 1. The van der Waals surface area contributed by atoms with Crippen LogP contribution in [0.1, 0.15) is 39.7 Å². The maximum absolute atomic E-state index is 13.6. The number of halogens is 2. The van der Waals surface area contributed by atoms with Crippen molar-refractivity contribution in [3.05, 3.63) is 28.6 Å². The minimum Gasteiger partial charge on any atom is -0.444 e. The van der Waals surface area contributed by atoms with Gasteiger partial charge in [0.1, 0.15) is 11.4 Å². The first kappa shape index (κ1) is 17.2. The summed E-state index contributed by atoms with van der Waals surface area (Å²) in [5.41, 5.74) is 0.418. The van der Waals surface area contributed by atoms with Crippen LogP contribution >= 0.6 is 15.9 Å². The highest BCUT2D eigenvalue weighted by Crippen LogP contribution is 2.29. The van der Waals surface area contributed by atoms with Crippen LogP contribution in [0, 0.1) is 5.82 Å². The van der Waals surface area contributed by atoms with Crippen molar-refractivity contribution in [2.24, 2.45) is 0 Å². The SMILES string of the molecule is CC(C)(C)OC(=O)N1CCC(n2ncc3cc(F)c(Br)cc32)CC1. The topological polar surface area (TPSA) is 47.4 Å². The molecule has 2 heterocycles. The molecule has 0 N–H and O–H groups in total. The van der Waals surface area contributed by atoms with Crippen LogP contribution in [-0.2, 0) is 4.74 Å². The molecular weight excluding hydrogens is 377 g/mol. The molecule has 1 aromatic carbocycles. The third-order valence-corrected chi connectivity index (χ3v) is 4.71. The van der Waals surface area contributed by atoms with Crippen LogP contribution in [0.2, 0.25) is 0 Å². The Bertz CT molecular complexity index is 761. The van der Waals surface area contributed by atoms with E-state index in [9.17, 15) is 9.18 Å². The third-order valence-electron chi connectivity index (χ3n) is 4.10. The van der Waals surface area contributed by atoms with Gasteiger partial charge in [-0.05, 0) is 61.7 Å².